The van der Waals surface area contributed by atoms with Crippen LogP contribution in [0.4, 0.5) is 0 Å². The molecule has 0 saturated carbocycles. The van der Waals surface area contributed by atoms with Crippen LogP contribution >= 0.6 is 0 Å². The first-order valence-corrected chi connectivity index (χ1v) is 7.57. The molecule has 0 saturated heterocycles. The van der Waals surface area contributed by atoms with Gasteiger partial charge in [-0.05, 0) is 19.9 Å². The lowest BCUT2D eigenvalue weighted by atomic mass is 10.6. The van der Waals surface area contributed by atoms with Crippen LogP contribution in [0, 0.1) is 0 Å². The summed E-state index contributed by atoms with van der Waals surface area (Å²) in [7, 11) is -2.07. The molecule has 5 heteroatoms. The molecule has 0 aromatic carbocycles. The van der Waals surface area contributed by atoms with Gasteiger partial charge in [-0.15, -0.1) is 0 Å². The summed E-state index contributed by atoms with van der Waals surface area (Å²) in [6, 6.07) is 1.11. The largest absolute Gasteiger partial charge is 0.422 e. The van der Waals surface area contributed by atoms with E-state index >= 15 is 0 Å². The quantitative estimate of drug-likeness (QED) is 0.434. The van der Waals surface area contributed by atoms with Gasteiger partial charge in [-0.25, -0.2) is 0 Å². The van der Waals surface area contributed by atoms with Gasteiger partial charge in [0.25, 0.3) is 10.0 Å². The first-order valence-electron chi connectivity index (χ1n) is 4.66. The van der Waals surface area contributed by atoms with Crippen LogP contribution in [0.15, 0.2) is 0 Å². The fourth-order valence-electron chi connectivity index (χ4n) is 0.844. The van der Waals surface area contributed by atoms with Crippen LogP contribution in [0.3, 0.4) is 0 Å². The first-order chi connectivity index (χ1) is 5.85. The van der Waals surface area contributed by atoms with Crippen LogP contribution in [0.5, 0.6) is 0 Å². The summed E-state index contributed by atoms with van der Waals surface area (Å²) in [6.45, 7) is 7.71. The first kappa shape index (κ1) is 12.3. The molecule has 0 heterocycles. The van der Waals surface area contributed by atoms with Crippen LogP contribution in [0.1, 0.15) is 27.2 Å². The van der Waals surface area contributed by atoms with Crippen molar-refractivity contribution in [2.75, 3.05) is 13.2 Å². The van der Waals surface area contributed by atoms with E-state index in [-0.39, 0.29) is 0 Å². The van der Waals surface area contributed by atoms with E-state index in [1.54, 1.807) is 0 Å². The zero-order valence-electron chi connectivity index (χ0n) is 8.34. The minimum absolute atomic E-state index is 0.740. The summed E-state index contributed by atoms with van der Waals surface area (Å²) < 4.78 is 16.3. The summed E-state index contributed by atoms with van der Waals surface area (Å²) in [6.07, 6.45) is 1.15. The molecule has 0 aliphatic rings. The Hall–Kier alpha value is 0.314. The molecule has 0 aromatic rings. The molecule has 0 aliphatic heterocycles. The predicted octanol–water partition coefficient (Wildman–Crippen LogP) is 0.705. The van der Waals surface area contributed by atoms with Gasteiger partial charge in [0.05, 0.1) is 0 Å². The summed E-state index contributed by atoms with van der Waals surface area (Å²) >= 11 is 0. The molecule has 0 aliphatic carbocycles. The second-order valence-corrected chi connectivity index (χ2v) is 6.20. The maximum absolute atomic E-state index is 5.60. The van der Waals surface area contributed by atoms with E-state index in [4.69, 9.17) is 13.0 Å². The predicted molar refractivity (Wildman–Crippen MR) is 55.1 cm³/mol. The lowest BCUT2D eigenvalue weighted by Gasteiger charge is -2.14. The van der Waals surface area contributed by atoms with Crippen LogP contribution < -0.4 is 0 Å². The highest BCUT2D eigenvalue weighted by molar-refractivity contribution is 6.51. The average Bonchev–Trinajstić information content (AvgIpc) is 2.06. The second kappa shape index (κ2) is 9.40. The van der Waals surface area contributed by atoms with E-state index in [2.05, 4.69) is 6.92 Å². The molecule has 0 N–H and O–H groups in total. The van der Waals surface area contributed by atoms with E-state index < -0.39 is 19.3 Å². The third-order valence-electron chi connectivity index (χ3n) is 1.42. The molecule has 1 unspecified atom stereocenters. The van der Waals surface area contributed by atoms with E-state index in [0.29, 0.717) is 0 Å². The van der Waals surface area contributed by atoms with Crippen molar-refractivity contribution in [2.45, 2.75) is 33.2 Å². The van der Waals surface area contributed by atoms with Gasteiger partial charge in [0.1, 0.15) is 0 Å². The minimum Gasteiger partial charge on any atom is -0.422 e. The fourth-order valence-corrected chi connectivity index (χ4v) is 4.06. The molecule has 3 nitrogen and oxygen atoms in total. The van der Waals surface area contributed by atoms with Gasteiger partial charge in [-0.2, -0.15) is 0 Å². The van der Waals surface area contributed by atoms with Crippen molar-refractivity contribution in [3.63, 3.8) is 0 Å². The molecule has 0 fully saturated rings. The zero-order valence-corrected chi connectivity index (χ0v) is 10.9. The van der Waals surface area contributed by atoms with Crippen LogP contribution in [-0.2, 0) is 13.0 Å². The maximum atomic E-state index is 5.60. The Labute approximate surface area is 79.3 Å². The maximum Gasteiger partial charge on any atom is 0.312 e. The van der Waals surface area contributed by atoms with E-state index in [0.717, 1.165) is 25.7 Å². The molecular formula is C7H20O3Si2. The van der Waals surface area contributed by atoms with Gasteiger partial charge in [-0.1, -0.05) is 13.3 Å². The monoisotopic (exact) mass is 208 g/mol. The van der Waals surface area contributed by atoms with Gasteiger partial charge in [0.15, 0.2) is 0 Å². The van der Waals surface area contributed by atoms with Crippen LogP contribution in [0.2, 0.25) is 6.04 Å². The van der Waals surface area contributed by atoms with Crippen molar-refractivity contribution in [1.82, 2.24) is 0 Å². The number of hydrogen-bond acceptors (Lipinski definition) is 3. The highest BCUT2D eigenvalue weighted by atomic mass is 28.4. The molecule has 0 bridgehead atoms. The van der Waals surface area contributed by atoms with E-state index in [1.807, 2.05) is 13.8 Å². The summed E-state index contributed by atoms with van der Waals surface area (Å²) in [5.74, 6) is 0. The van der Waals surface area contributed by atoms with Crippen molar-refractivity contribution in [3.8, 4) is 0 Å². The van der Waals surface area contributed by atoms with Crippen molar-refractivity contribution in [3.05, 3.63) is 0 Å². The summed E-state index contributed by atoms with van der Waals surface area (Å²) in [5.41, 5.74) is 0. The third kappa shape index (κ3) is 6.99. The lowest BCUT2D eigenvalue weighted by Crippen LogP contribution is -2.25. The molecule has 0 aromatic heterocycles. The smallest absolute Gasteiger partial charge is 0.312 e. The van der Waals surface area contributed by atoms with Crippen molar-refractivity contribution in [2.24, 2.45) is 0 Å². The Kier molecular flexibility index (Phi) is 9.65. The van der Waals surface area contributed by atoms with Gasteiger partial charge >= 0.3 is 9.28 Å². The highest BCUT2D eigenvalue weighted by Gasteiger charge is 2.10. The number of hydrogen-bond donors (Lipinski definition) is 0. The molecule has 0 radical (unpaired) electrons. The summed E-state index contributed by atoms with van der Waals surface area (Å²) in [4.78, 5) is 0. The Morgan fingerprint density at radius 2 is 1.92 bits per heavy atom. The minimum atomic E-state index is -1.33. The normalized spacial score (nSPS) is 14.2. The summed E-state index contributed by atoms with van der Waals surface area (Å²) in [5, 5.41) is 0. The molecule has 1 atom stereocenters. The molecule has 12 heavy (non-hydrogen) atoms. The standard InChI is InChI=1S/C7H20O3Si2/c1-4-7-12(9-6-3)10-11-8-5-2/h12H,4-7,11H2,1-3H3. The van der Waals surface area contributed by atoms with Gasteiger partial charge in [-0.3, -0.25) is 0 Å². The van der Waals surface area contributed by atoms with Crippen molar-refractivity contribution >= 4 is 19.3 Å². The van der Waals surface area contributed by atoms with Gasteiger partial charge in [0.2, 0.25) is 0 Å². The third-order valence-corrected chi connectivity index (χ3v) is 5.78. The Morgan fingerprint density at radius 3 is 2.42 bits per heavy atom. The van der Waals surface area contributed by atoms with Crippen LogP contribution in [0.25, 0.3) is 0 Å². The molecule has 74 valence electrons. The molecular weight excluding hydrogens is 188 g/mol. The van der Waals surface area contributed by atoms with E-state index in [9.17, 15) is 0 Å². The average molecular weight is 208 g/mol. The number of rotatable bonds is 8. The Bertz CT molecular complexity index is 86.7. The zero-order chi connectivity index (χ0) is 9.23. The Balaban J connectivity index is 3.34. The fraction of sp³-hybridized carbons (Fsp3) is 1.00. The molecule has 0 rings (SSSR count). The van der Waals surface area contributed by atoms with Crippen molar-refractivity contribution in [1.29, 1.82) is 0 Å². The Morgan fingerprint density at radius 1 is 1.17 bits per heavy atom. The molecule has 0 spiro atoms. The lowest BCUT2D eigenvalue weighted by molar-refractivity contribution is 0.248. The molecule has 0 amide bonds. The second-order valence-electron chi connectivity index (χ2n) is 2.45. The van der Waals surface area contributed by atoms with Gasteiger partial charge < -0.3 is 13.0 Å². The topological polar surface area (TPSA) is 27.7 Å². The van der Waals surface area contributed by atoms with Crippen molar-refractivity contribution < 1.29 is 13.0 Å². The highest BCUT2D eigenvalue weighted by Crippen LogP contribution is 1.99. The van der Waals surface area contributed by atoms with E-state index in [1.165, 1.54) is 0 Å². The van der Waals surface area contributed by atoms with Crippen LogP contribution in [-0.4, -0.2) is 32.5 Å². The SMILES string of the molecule is CCC[SiH](OCC)O[SiH2]OCC. The van der Waals surface area contributed by atoms with Gasteiger partial charge in [0, 0.05) is 13.2 Å².